The summed E-state index contributed by atoms with van der Waals surface area (Å²) in [6.45, 7) is -0.534. The first-order chi connectivity index (χ1) is 25.0. The second kappa shape index (κ2) is 20.1. The van der Waals surface area contributed by atoms with Crippen molar-refractivity contribution < 1.29 is 74.2 Å². The number of hydrogen-bond donors (Lipinski definition) is 5. The number of aromatic hydroxyl groups is 1. The molecule has 0 atom stereocenters. The maximum Gasteiger partial charge on any atom is 0.197 e. The Labute approximate surface area is 306 Å². The van der Waals surface area contributed by atoms with Crippen molar-refractivity contribution in [3.63, 3.8) is 0 Å². The zero-order valence-electron chi connectivity index (χ0n) is 25.8. The molecule has 4 rings (SSSR count). The van der Waals surface area contributed by atoms with Crippen molar-refractivity contribution in [1.82, 2.24) is 0 Å². The van der Waals surface area contributed by atoms with E-state index in [9.17, 15) is 21.9 Å². The average molecular weight is 824 g/mol. The smallest absolute Gasteiger partial charge is 0.197 e. The molecule has 0 aliphatic rings. The summed E-state index contributed by atoms with van der Waals surface area (Å²) in [6.07, 6.45) is 0. The molecule has 26 heteroatoms. The zero-order valence-corrected chi connectivity index (χ0v) is 29.9. The van der Waals surface area contributed by atoms with Crippen LogP contribution >= 0.6 is 36.7 Å². The molecule has 0 fully saturated rings. The second-order valence-corrected chi connectivity index (χ2v) is 15.5. The van der Waals surface area contributed by atoms with E-state index in [1.165, 1.54) is 66.7 Å². The van der Waals surface area contributed by atoms with Gasteiger partial charge in [0.2, 0.25) is 0 Å². The average Bonchev–Trinajstić information content (AvgIpc) is 3.13. The summed E-state index contributed by atoms with van der Waals surface area (Å²) in [5.74, 6) is -1.21. The van der Waals surface area contributed by atoms with E-state index in [0.29, 0.717) is 12.0 Å². The first kappa shape index (κ1) is 41.2. The highest BCUT2D eigenvalue weighted by Gasteiger charge is 2.20. The highest BCUT2D eigenvalue weighted by atomic mass is 32.2. The maximum atomic E-state index is 12.6. The Bertz CT molecular complexity index is 2070. The van der Waals surface area contributed by atoms with Gasteiger partial charge < -0.3 is 10.8 Å². The number of anilines is 1. The molecule has 4 aromatic carbocycles. The number of phenolic OH excluding ortho intramolecular Hbond substituents is 1. The highest BCUT2D eigenvalue weighted by molar-refractivity contribution is 7.94. The maximum absolute atomic E-state index is 12.6. The Morgan fingerprint density at radius 3 is 1.58 bits per heavy atom. The van der Waals surface area contributed by atoms with Crippen LogP contribution in [0.4, 0.5) is 28.4 Å². The summed E-state index contributed by atoms with van der Waals surface area (Å²) in [6, 6.07) is 15.2. The Morgan fingerprint density at radius 2 is 1.10 bits per heavy atom. The van der Waals surface area contributed by atoms with E-state index >= 15 is 0 Å². The number of rotatable bonds is 21. The third kappa shape index (κ3) is 11.5. The van der Waals surface area contributed by atoms with Crippen molar-refractivity contribution in [2.24, 2.45) is 20.5 Å². The van der Waals surface area contributed by atoms with Gasteiger partial charge >= 0.3 is 0 Å². The Morgan fingerprint density at radius 1 is 0.615 bits per heavy atom. The first-order valence-corrected chi connectivity index (χ1v) is 19.1. The van der Waals surface area contributed by atoms with Crippen LogP contribution in [-0.4, -0.2) is 62.4 Å². The molecule has 6 N–H and O–H groups in total. The van der Waals surface area contributed by atoms with Crippen molar-refractivity contribution >= 4 is 95.6 Å². The van der Waals surface area contributed by atoms with Crippen LogP contribution in [0.1, 0.15) is 0 Å². The van der Waals surface area contributed by atoms with Crippen LogP contribution in [0.15, 0.2) is 102 Å². The van der Waals surface area contributed by atoms with Gasteiger partial charge in [0.25, 0.3) is 0 Å². The molecular formula is C26H25N5O16S5. The van der Waals surface area contributed by atoms with Crippen molar-refractivity contribution in [2.45, 2.75) is 14.7 Å². The monoisotopic (exact) mass is 823 g/mol. The lowest BCUT2D eigenvalue weighted by Gasteiger charge is -2.11. The number of phenols is 1. The summed E-state index contributed by atoms with van der Waals surface area (Å²) in [4.78, 5) is 0.0118. The number of nitrogen functional groups attached to an aromatic ring is 1. The number of fused-ring (bicyclic) bond motifs is 1. The molecule has 0 aliphatic carbocycles. The number of sulfone groups is 2. The van der Waals surface area contributed by atoms with E-state index in [2.05, 4.69) is 48.6 Å². The molecule has 0 saturated heterocycles. The van der Waals surface area contributed by atoms with E-state index in [1.807, 2.05) is 0 Å². The molecule has 0 heterocycles. The molecular weight excluding hydrogens is 799 g/mol. The van der Waals surface area contributed by atoms with E-state index in [-0.39, 0.29) is 91.8 Å². The fourth-order valence-corrected chi connectivity index (χ4v) is 7.36. The van der Waals surface area contributed by atoms with Gasteiger partial charge in [0, 0.05) is 10.8 Å². The second-order valence-electron chi connectivity index (χ2n) is 9.49. The van der Waals surface area contributed by atoms with Gasteiger partial charge in [0.05, 0.1) is 68.5 Å². The highest BCUT2D eigenvalue weighted by Crippen LogP contribution is 2.47. The molecule has 0 aliphatic heterocycles. The number of hydrogen-bond acceptors (Lipinski definition) is 24. The van der Waals surface area contributed by atoms with Crippen LogP contribution in [0.3, 0.4) is 0 Å². The molecule has 0 aromatic heterocycles. The van der Waals surface area contributed by atoms with E-state index < -0.39 is 36.9 Å². The van der Waals surface area contributed by atoms with Crippen LogP contribution in [0.5, 0.6) is 5.75 Å². The largest absolute Gasteiger partial charge is 0.505 e. The normalized spacial score (nSPS) is 12.4. The van der Waals surface area contributed by atoms with Crippen LogP contribution in [0, 0.1) is 0 Å². The lowest BCUT2D eigenvalue weighted by Crippen LogP contribution is -2.10. The fourth-order valence-electron chi connectivity index (χ4n) is 4.06. The zero-order chi connectivity index (χ0) is 37.6. The quantitative estimate of drug-likeness (QED) is 0.0142. The lowest BCUT2D eigenvalue weighted by atomic mass is 10.1. The van der Waals surface area contributed by atoms with E-state index in [4.69, 9.17) is 29.9 Å². The number of benzene rings is 4. The summed E-state index contributed by atoms with van der Waals surface area (Å²) >= 11 is 0.960. The SMILES string of the molecule is Nc1ccc2c(O)c(N=Nc3ccc(S(=O)(=O)CCOSOOO)cc3)c(SOOO)cc2c1N=Nc1ccc(S(=O)(=O)CCOSOOO)cc1. The van der Waals surface area contributed by atoms with Crippen molar-refractivity contribution in [2.75, 3.05) is 30.5 Å². The molecule has 0 radical (unpaired) electrons. The predicted molar refractivity (Wildman–Crippen MR) is 183 cm³/mol. The van der Waals surface area contributed by atoms with E-state index in [0.717, 1.165) is 0 Å². The summed E-state index contributed by atoms with van der Waals surface area (Å²) < 4.78 is 72.4. The summed E-state index contributed by atoms with van der Waals surface area (Å²) in [5, 5.41) is 63.6. The van der Waals surface area contributed by atoms with Crippen LogP contribution in [0.25, 0.3) is 10.8 Å². The van der Waals surface area contributed by atoms with Crippen molar-refractivity contribution in [3.8, 4) is 5.75 Å². The van der Waals surface area contributed by atoms with Crippen LogP contribution < -0.4 is 5.73 Å². The van der Waals surface area contributed by atoms with Gasteiger partial charge in [0.15, 0.2) is 50.1 Å². The fraction of sp³-hybridized carbons (Fsp3) is 0.154. The molecule has 52 heavy (non-hydrogen) atoms. The third-order valence-corrected chi connectivity index (χ3v) is 11.2. The van der Waals surface area contributed by atoms with E-state index in [1.54, 1.807) is 0 Å². The molecule has 0 amide bonds. The molecule has 21 nitrogen and oxygen atoms in total. The third-order valence-electron chi connectivity index (χ3n) is 6.40. The number of nitrogens with zero attached hydrogens (tertiary/aromatic N) is 4. The van der Waals surface area contributed by atoms with Gasteiger partial charge in [-0.3, -0.25) is 8.37 Å². The number of azo groups is 2. The molecule has 4 aromatic rings. The number of nitrogens with two attached hydrogens (primary N) is 1. The van der Waals surface area contributed by atoms with Crippen molar-refractivity contribution in [1.29, 1.82) is 0 Å². The first-order valence-electron chi connectivity index (χ1n) is 13.8. The molecule has 280 valence electrons. The topological polar surface area (TPSA) is 298 Å². The standard InChI is InChI=1S/C26H25N5O16S5/c27-22-10-9-20-21(24(22)30-28-16-1-5-18(6-2-16)51(36,37)13-11-40-49-46-43-34)15-23(48-45-42-33)25(26(20)32)31-29-17-3-7-19(8-4-17)52(38,39)14-12-41-50-47-44-35/h1-10,15,32-35H,11-14,27H2. The summed E-state index contributed by atoms with van der Waals surface area (Å²) in [7, 11) is -7.50. The minimum Gasteiger partial charge on any atom is -0.505 e. The Balaban J connectivity index is 1.57. The lowest BCUT2D eigenvalue weighted by molar-refractivity contribution is -0.434. The van der Waals surface area contributed by atoms with Gasteiger partial charge in [-0.15, -0.1) is 23.2 Å². The minimum absolute atomic E-state index is 0.0211. The Hall–Kier alpha value is -3.55. The molecule has 0 bridgehead atoms. The van der Waals surface area contributed by atoms with Crippen LogP contribution in [0.2, 0.25) is 0 Å². The predicted octanol–water partition coefficient (Wildman–Crippen LogP) is 6.94. The Kier molecular flexibility index (Phi) is 15.9. The molecule has 0 spiro atoms. The van der Waals surface area contributed by atoms with Gasteiger partial charge in [0.1, 0.15) is 11.4 Å². The van der Waals surface area contributed by atoms with Gasteiger partial charge in [-0.2, -0.15) is 10.2 Å². The van der Waals surface area contributed by atoms with Gasteiger partial charge in [-0.1, -0.05) is 15.1 Å². The molecule has 0 saturated carbocycles. The van der Waals surface area contributed by atoms with Crippen molar-refractivity contribution in [3.05, 3.63) is 66.7 Å². The summed E-state index contributed by atoms with van der Waals surface area (Å²) in [5.41, 5.74) is 6.79. The van der Waals surface area contributed by atoms with Gasteiger partial charge in [-0.05, 0) is 66.7 Å². The van der Waals surface area contributed by atoms with Crippen LogP contribution in [-0.2, 0) is 56.2 Å². The molecule has 0 unspecified atom stereocenters. The van der Waals surface area contributed by atoms with Gasteiger partial charge in [-0.25, -0.2) is 32.6 Å². The minimum atomic E-state index is -3.76.